The zero-order valence-electron chi connectivity index (χ0n) is 11.0. The highest BCUT2D eigenvalue weighted by Crippen LogP contribution is 2.29. The standard InChI is InChI=1S/C11H16BrFN2O3S.ClH/c1-7(14)3-4-15-19(16,17)11-6-9(13)8(12)5-10(11)18-2;/h5-7,15H,3-4,14H2,1-2H3;1H. The highest BCUT2D eigenvalue weighted by molar-refractivity contribution is 9.10. The van der Waals surface area contributed by atoms with E-state index >= 15 is 0 Å². The van der Waals surface area contributed by atoms with Crippen molar-refractivity contribution in [1.29, 1.82) is 0 Å². The van der Waals surface area contributed by atoms with Gasteiger partial charge in [-0.25, -0.2) is 17.5 Å². The van der Waals surface area contributed by atoms with Crippen molar-refractivity contribution in [3.8, 4) is 5.75 Å². The molecule has 5 nitrogen and oxygen atoms in total. The molecule has 9 heteroatoms. The lowest BCUT2D eigenvalue weighted by Crippen LogP contribution is -2.29. The van der Waals surface area contributed by atoms with Crippen LogP contribution >= 0.6 is 28.3 Å². The van der Waals surface area contributed by atoms with Crippen LogP contribution in [0.2, 0.25) is 0 Å². The first-order chi connectivity index (χ1) is 8.77. The summed E-state index contributed by atoms with van der Waals surface area (Å²) in [5.41, 5.74) is 5.53. The minimum atomic E-state index is -3.83. The Morgan fingerprint density at radius 1 is 1.50 bits per heavy atom. The minimum Gasteiger partial charge on any atom is -0.495 e. The lowest BCUT2D eigenvalue weighted by atomic mass is 10.3. The third-order valence-electron chi connectivity index (χ3n) is 2.39. The molecule has 1 aromatic rings. The number of methoxy groups -OCH3 is 1. The second kappa shape index (κ2) is 8.14. The molecule has 0 amide bonds. The second-order valence-corrected chi connectivity index (χ2v) is 6.67. The number of rotatable bonds is 6. The number of nitrogens with two attached hydrogens (primary N) is 1. The van der Waals surface area contributed by atoms with Crippen molar-refractivity contribution < 1.29 is 17.5 Å². The lowest BCUT2D eigenvalue weighted by Gasteiger charge is -2.12. The molecule has 0 bridgehead atoms. The van der Waals surface area contributed by atoms with Gasteiger partial charge >= 0.3 is 0 Å². The Hall–Kier alpha value is -0.410. The number of halogens is 3. The van der Waals surface area contributed by atoms with Crippen molar-refractivity contribution in [2.45, 2.75) is 24.3 Å². The van der Waals surface area contributed by atoms with Crippen LogP contribution in [0.25, 0.3) is 0 Å². The normalized spacial score (nSPS) is 12.7. The van der Waals surface area contributed by atoms with Gasteiger partial charge in [-0.15, -0.1) is 12.4 Å². The molecule has 0 saturated heterocycles. The zero-order valence-corrected chi connectivity index (χ0v) is 14.2. The fourth-order valence-electron chi connectivity index (χ4n) is 1.38. The summed E-state index contributed by atoms with van der Waals surface area (Å²) in [6.45, 7) is 1.95. The minimum absolute atomic E-state index is 0. The van der Waals surface area contributed by atoms with Gasteiger partial charge in [0.25, 0.3) is 0 Å². The van der Waals surface area contributed by atoms with Crippen molar-refractivity contribution in [3.05, 3.63) is 22.4 Å². The first-order valence-corrected chi connectivity index (χ1v) is 7.84. The average molecular weight is 392 g/mol. The molecule has 3 N–H and O–H groups in total. The maximum absolute atomic E-state index is 13.5. The first-order valence-electron chi connectivity index (χ1n) is 5.56. The summed E-state index contributed by atoms with van der Waals surface area (Å²) in [4.78, 5) is -0.236. The Morgan fingerprint density at radius 2 is 2.10 bits per heavy atom. The topological polar surface area (TPSA) is 81.4 Å². The first kappa shape index (κ1) is 19.6. The number of ether oxygens (including phenoxy) is 1. The summed E-state index contributed by atoms with van der Waals surface area (Å²) in [5, 5.41) is 0. The van der Waals surface area contributed by atoms with Crippen LogP contribution in [-0.2, 0) is 10.0 Å². The van der Waals surface area contributed by atoms with Gasteiger partial charge in [-0.1, -0.05) is 0 Å². The predicted octanol–water partition coefficient (Wildman–Crippen LogP) is 2.03. The van der Waals surface area contributed by atoms with Crippen LogP contribution in [-0.4, -0.2) is 28.1 Å². The molecule has 1 unspecified atom stereocenters. The SMILES string of the molecule is COc1cc(Br)c(F)cc1S(=O)(=O)NCCC(C)N.Cl. The van der Waals surface area contributed by atoms with E-state index in [1.807, 2.05) is 0 Å². The molecule has 1 aromatic carbocycles. The number of nitrogens with one attached hydrogen (secondary N) is 1. The Balaban J connectivity index is 0.00000361. The maximum atomic E-state index is 13.5. The van der Waals surface area contributed by atoms with E-state index in [9.17, 15) is 12.8 Å². The fourth-order valence-corrected chi connectivity index (χ4v) is 2.91. The van der Waals surface area contributed by atoms with Crippen LogP contribution in [0, 0.1) is 5.82 Å². The molecular weight excluding hydrogens is 375 g/mol. The number of hydrogen-bond acceptors (Lipinski definition) is 4. The molecule has 0 aliphatic heterocycles. The Morgan fingerprint density at radius 3 is 2.60 bits per heavy atom. The van der Waals surface area contributed by atoms with Crippen LogP contribution in [0.15, 0.2) is 21.5 Å². The van der Waals surface area contributed by atoms with Crippen molar-refractivity contribution in [2.24, 2.45) is 5.73 Å². The molecule has 20 heavy (non-hydrogen) atoms. The van der Waals surface area contributed by atoms with Gasteiger partial charge in [0.1, 0.15) is 16.5 Å². The van der Waals surface area contributed by atoms with Gasteiger partial charge in [0.2, 0.25) is 10.0 Å². The summed E-state index contributed by atoms with van der Waals surface area (Å²) >= 11 is 2.97. The van der Waals surface area contributed by atoms with Gasteiger partial charge in [-0.05, 0) is 41.4 Å². The smallest absolute Gasteiger partial charge is 0.244 e. The zero-order chi connectivity index (χ0) is 14.6. The summed E-state index contributed by atoms with van der Waals surface area (Å²) in [6, 6.07) is 2.07. The van der Waals surface area contributed by atoms with E-state index < -0.39 is 15.8 Å². The van der Waals surface area contributed by atoms with E-state index in [-0.39, 0.29) is 40.1 Å². The van der Waals surface area contributed by atoms with Gasteiger partial charge in [-0.2, -0.15) is 0 Å². The molecule has 0 aromatic heterocycles. The third-order valence-corrected chi connectivity index (χ3v) is 4.48. The highest BCUT2D eigenvalue weighted by atomic mass is 79.9. The van der Waals surface area contributed by atoms with E-state index in [1.54, 1.807) is 6.92 Å². The molecule has 0 aliphatic carbocycles. The highest BCUT2D eigenvalue weighted by Gasteiger charge is 2.21. The van der Waals surface area contributed by atoms with Gasteiger partial charge in [0.05, 0.1) is 11.6 Å². The Labute approximate surface area is 132 Å². The Kier molecular flexibility index (Phi) is 7.97. The quantitative estimate of drug-likeness (QED) is 0.777. The van der Waals surface area contributed by atoms with Gasteiger partial charge in [0.15, 0.2) is 0 Å². The summed E-state index contributed by atoms with van der Waals surface area (Å²) in [5.74, 6) is -0.602. The fraction of sp³-hybridized carbons (Fsp3) is 0.455. The molecule has 116 valence electrons. The lowest BCUT2D eigenvalue weighted by molar-refractivity contribution is 0.400. The number of benzene rings is 1. The van der Waals surface area contributed by atoms with E-state index in [1.165, 1.54) is 13.2 Å². The van der Waals surface area contributed by atoms with Crippen LogP contribution in [0.5, 0.6) is 5.75 Å². The van der Waals surface area contributed by atoms with Crippen LogP contribution in [0.4, 0.5) is 4.39 Å². The van der Waals surface area contributed by atoms with Gasteiger partial charge < -0.3 is 10.5 Å². The molecule has 0 spiro atoms. The third kappa shape index (κ3) is 5.17. The van der Waals surface area contributed by atoms with Gasteiger partial charge in [0, 0.05) is 12.6 Å². The molecular formula is C11H17BrClFN2O3S. The van der Waals surface area contributed by atoms with E-state index in [4.69, 9.17) is 10.5 Å². The van der Waals surface area contributed by atoms with Crippen molar-refractivity contribution in [3.63, 3.8) is 0 Å². The van der Waals surface area contributed by atoms with E-state index in [2.05, 4.69) is 20.7 Å². The summed E-state index contributed by atoms with van der Waals surface area (Å²) in [6.07, 6.45) is 0.487. The molecule has 0 fully saturated rings. The van der Waals surface area contributed by atoms with Crippen molar-refractivity contribution in [1.82, 2.24) is 4.72 Å². The molecule has 0 heterocycles. The maximum Gasteiger partial charge on any atom is 0.244 e. The van der Waals surface area contributed by atoms with Crippen molar-refractivity contribution >= 4 is 38.4 Å². The van der Waals surface area contributed by atoms with Crippen molar-refractivity contribution in [2.75, 3.05) is 13.7 Å². The predicted molar refractivity (Wildman–Crippen MR) is 81.4 cm³/mol. The summed E-state index contributed by atoms with van der Waals surface area (Å²) in [7, 11) is -2.51. The average Bonchev–Trinajstić information content (AvgIpc) is 2.31. The molecule has 1 atom stereocenters. The van der Waals surface area contributed by atoms with E-state index in [0.717, 1.165) is 6.07 Å². The molecule has 0 radical (unpaired) electrons. The van der Waals surface area contributed by atoms with E-state index in [0.29, 0.717) is 6.42 Å². The number of sulfonamides is 1. The molecule has 0 aliphatic rings. The molecule has 1 rings (SSSR count). The Bertz CT molecular complexity index is 555. The van der Waals surface area contributed by atoms with Gasteiger partial charge in [-0.3, -0.25) is 0 Å². The second-order valence-electron chi connectivity index (χ2n) is 4.08. The van der Waals surface area contributed by atoms with Crippen LogP contribution < -0.4 is 15.2 Å². The largest absolute Gasteiger partial charge is 0.495 e. The molecule has 0 saturated carbocycles. The van der Waals surface area contributed by atoms with Crippen LogP contribution in [0.1, 0.15) is 13.3 Å². The monoisotopic (exact) mass is 390 g/mol. The summed E-state index contributed by atoms with van der Waals surface area (Å²) < 4.78 is 45.0. The van der Waals surface area contributed by atoms with Crippen LogP contribution in [0.3, 0.4) is 0 Å². The number of hydrogen-bond donors (Lipinski definition) is 2.